The predicted octanol–water partition coefficient (Wildman–Crippen LogP) is 4.19. The second-order valence-corrected chi connectivity index (χ2v) is 6.60. The molecule has 1 aromatic carbocycles. The molecule has 0 aromatic heterocycles. The lowest BCUT2D eigenvalue weighted by atomic mass is 10.0. The Kier molecular flexibility index (Phi) is 4.25. The van der Waals surface area contributed by atoms with Crippen molar-refractivity contribution in [1.82, 2.24) is 0 Å². The number of anilines is 1. The van der Waals surface area contributed by atoms with Crippen LogP contribution in [-0.4, -0.2) is 24.8 Å². The molecule has 0 N–H and O–H groups in total. The maximum atomic E-state index is 5.93. The zero-order chi connectivity index (χ0) is 13.3. The molecule has 0 radical (unpaired) electrons. The molecule has 0 amide bonds. The quantitative estimate of drug-likeness (QED) is 0.753. The van der Waals surface area contributed by atoms with Gasteiger partial charge in [-0.15, -0.1) is 11.6 Å². The highest BCUT2D eigenvalue weighted by Gasteiger charge is 2.31. The Balaban J connectivity index is 2.23. The molecule has 0 spiro atoms. The SMILES string of the molecule is CC1CN(c2ccc(CCl)c(Br)c2)CC(C)(C)O1. The summed E-state index contributed by atoms with van der Waals surface area (Å²) in [5.74, 6) is 0.534. The van der Waals surface area contributed by atoms with Crippen molar-refractivity contribution >= 4 is 33.2 Å². The molecular formula is C14H19BrClNO. The Labute approximate surface area is 122 Å². The first-order valence-electron chi connectivity index (χ1n) is 6.18. The van der Waals surface area contributed by atoms with Gasteiger partial charge in [-0.05, 0) is 38.5 Å². The van der Waals surface area contributed by atoms with E-state index in [1.165, 1.54) is 5.69 Å². The van der Waals surface area contributed by atoms with E-state index < -0.39 is 0 Å². The molecule has 2 nitrogen and oxygen atoms in total. The summed E-state index contributed by atoms with van der Waals surface area (Å²) in [5.41, 5.74) is 2.25. The van der Waals surface area contributed by atoms with Gasteiger partial charge in [0.1, 0.15) is 0 Å². The van der Waals surface area contributed by atoms with Crippen molar-refractivity contribution in [3.8, 4) is 0 Å². The largest absolute Gasteiger partial charge is 0.369 e. The van der Waals surface area contributed by atoms with Crippen LogP contribution < -0.4 is 4.90 Å². The van der Waals surface area contributed by atoms with E-state index in [2.05, 4.69) is 59.8 Å². The Hall–Kier alpha value is -0.250. The average Bonchev–Trinajstić information content (AvgIpc) is 2.26. The van der Waals surface area contributed by atoms with Crippen LogP contribution in [0.5, 0.6) is 0 Å². The lowest BCUT2D eigenvalue weighted by Gasteiger charge is -2.43. The Morgan fingerprint density at radius 3 is 2.78 bits per heavy atom. The molecule has 4 heteroatoms. The first-order valence-corrected chi connectivity index (χ1v) is 7.51. The highest BCUT2D eigenvalue weighted by molar-refractivity contribution is 9.10. The smallest absolute Gasteiger partial charge is 0.0805 e. The van der Waals surface area contributed by atoms with Crippen molar-refractivity contribution in [2.45, 2.75) is 38.4 Å². The van der Waals surface area contributed by atoms with Crippen LogP contribution in [0.15, 0.2) is 22.7 Å². The summed E-state index contributed by atoms with van der Waals surface area (Å²) in [6, 6.07) is 6.36. The number of benzene rings is 1. The van der Waals surface area contributed by atoms with Crippen LogP contribution in [0.1, 0.15) is 26.3 Å². The molecule has 2 rings (SSSR count). The summed E-state index contributed by atoms with van der Waals surface area (Å²) < 4.78 is 7.00. The van der Waals surface area contributed by atoms with Gasteiger partial charge in [0, 0.05) is 29.1 Å². The molecule has 1 saturated heterocycles. The number of morpholine rings is 1. The van der Waals surface area contributed by atoms with E-state index in [4.69, 9.17) is 16.3 Å². The third kappa shape index (κ3) is 3.19. The minimum atomic E-state index is -0.102. The fourth-order valence-corrected chi connectivity index (χ4v) is 3.39. The third-order valence-corrected chi connectivity index (χ3v) is 4.14. The van der Waals surface area contributed by atoms with Crippen LogP contribution in [0.25, 0.3) is 0 Å². The van der Waals surface area contributed by atoms with Crippen molar-refractivity contribution < 1.29 is 4.74 Å². The molecule has 1 aliphatic rings. The minimum Gasteiger partial charge on any atom is -0.369 e. The van der Waals surface area contributed by atoms with Gasteiger partial charge >= 0.3 is 0 Å². The molecule has 100 valence electrons. The van der Waals surface area contributed by atoms with E-state index in [1.807, 2.05) is 0 Å². The van der Waals surface area contributed by atoms with Gasteiger partial charge < -0.3 is 9.64 Å². The van der Waals surface area contributed by atoms with E-state index >= 15 is 0 Å². The fourth-order valence-electron chi connectivity index (χ4n) is 2.49. The molecule has 1 aliphatic heterocycles. The number of nitrogens with zero attached hydrogens (tertiary/aromatic N) is 1. The summed E-state index contributed by atoms with van der Waals surface area (Å²) in [6.45, 7) is 8.23. The van der Waals surface area contributed by atoms with Crippen molar-refractivity contribution in [2.24, 2.45) is 0 Å². The summed E-state index contributed by atoms with van der Waals surface area (Å²) in [7, 11) is 0. The van der Waals surface area contributed by atoms with Crippen molar-refractivity contribution in [3.63, 3.8) is 0 Å². The van der Waals surface area contributed by atoms with Gasteiger partial charge in [-0.1, -0.05) is 22.0 Å². The zero-order valence-electron chi connectivity index (χ0n) is 11.0. The minimum absolute atomic E-state index is 0.102. The second-order valence-electron chi connectivity index (χ2n) is 5.48. The molecular weight excluding hydrogens is 314 g/mol. The number of hydrogen-bond donors (Lipinski definition) is 0. The van der Waals surface area contributed by atoms with E-state index in [0.717, 1.165) is 23.1 Å². The van der Waals surface area contributed by atoms with Gasteiger partial charge in [-0.25, -0.2) is 0 Å². The molecule has 1 unspecified atom stereocenters. The van der Waals surface area contributed by atoms with E-state index in [-0.39, 0.29) is 11.7 Å². The first kappa shape index (κ1) is 14.2. The van der Waals surface area contributed by atoms with Crippen molar-refractivity contribution in [3.05, 3.63) is 28.2 Å². The molecule has 0 bridgehead atoms. The monoisotopic (exact) mass is 331 g/mol. The zero-order valence-corrected chi connectivity index (χ0v) is 13.4. The van der Waals surface area contributed by atoms with Crippen molar-refractivity contribution in [1.29, 1.82) is 0 Å². The van der Waals surface area contributed by atoms with Crippen LogP contribution in [-0.2, 0) is 10.6 Å². The lowest BCUT2D eigenvalue weighted by molar-refractivity contribution is -0.0749. The number of hydrogen-bond acceptors (Lipinski definition) is 2. The summed E-state index contributed by atoms with van der Waals surface area (Å²) in [5, 5.41) is 0. The van der Waals surface area contributed by atoms with Gasteiger partial charge in [0.05, 0.1) is 11.7 Å². The van der Waals surface area contributed by atoms with E-state index in [0.29, 0.717) is 5.88 Å². The molecule has 1 fully saturated rings. The molecule has 0 saturated carbocycles. The number of halogens is 2. The number of rotatable bonds is 2. The van der Waals surface area contributed by atoms with Crippen LogP contribution in [0.4, 0.5) is 5.69 Å². The Bertz CT molecular complexity index is 436. The van der Waals surface area contributed by atoms with Crippen molar-refractivity contribution in [2.75, 3.05) is 18.0 Å². The normalized spacial score (nSPS) is 23.2. The maximum absolute atomic E-state index is 5.93. The Morgan fingerprint density at radius 1 is 1.50 bits per heavy atom. The second kappa shape index (κ2) is 5.40. The fraction of sp³-hybridized carbons (Fsp3) is 0.571. The molecule has 1 heterocycles. The highest BCUT2D eigenvalue weighted by atomic mass is 79.9. The standard InChI is InChI=1S/C14H19BrClNO/c1-10-8-17(9-14(2,3)18-10)12-5-4-11(7-16)13(15)6-12/h4-6,10H,7-9H2,1-3H3. The average molecular weight is 333 g/mol. The molecule has 1 atom stereocenters. The maximum Gasteiger partial charge on any atom is 0.0805 e. The van der Waals surface area contributed by atoms with Gasteiger partial charge in [-0.3, -0.25) is 0 Å². The lowest BCUT2D eigenvalue weighted by Crippen LogP contribution is -2.52. The van der Waals surface area contributed by atoms with Crippen LogP contribution in [0.3, 0.4) is 0 Å². The summed E-state index contributed by atoms with van der Waals surface area (Å²) >= 11 is 9.45. The predicted molar refractivity (Wildman–Crippen MR) is 80.5 cm³/mol. The number of alkyl halides is 1. The van der Waals surface area contributed by atoms with Gasteiger partial charge in [-0.2, -0.15) is 0 Å². The summed E-state index contributed by atoms with van der Waals surface area (Å²) in [6.07, 6.45) is 0.250. The Morgan fingerprint density at radius 2 is 2.22 bits per heavy atom. The van der Waals surface area contributed by atoms with Gasteiger partial charge in [0.2, 0.25) is 0 Å². The number of ether oxygens (including phenoxy) is 1. The van der Waals surface area contributed by atoms with E-state index in [9.17, 15) is 0 Å². The first-order chi connectivity index (χ1) is 8.41. The van der Waals surface area contributed by atoms with Gasteiger partial charge in [0.25, 0.3) is 0 Å². The molecule has 0 aliphatic carbocycles. The third-order valence-electron chi connectivity index (χ3n) is 3.12. The highest BCUT2D eigenvalue weighted by Crippen LogP contribution is 2.29. The molecule has 18 heavy (non-hydrogen) atoms. The van der Waals surface area contributed by atoms with E-state index in [1.54, 1.807) is 0 Å². The van der Waals surface area contributed by atoms with Gasteiger partial charge in [0.15, 0.2) is 0 Å². The van der Waals surface area contributed by atoms with Crippen LogP contribution in [0, 0.1) is 0 Å². The van der Waals surface area contributed by atoms with Crippen LogP contribution >= 0.6 is 27.5 Å². The molecule has 1 aromatic rings. The summed E-state index contributed by atoms with van der Waals surface area (Å²) in [4.78, 5) is 2.37. The topological polar surface area (TPSA) is 12.5 Å². The van der Waals surface area contributed by atoms with Crippen LogP contribution in [0.2, 0.25) is 0 Å².